The van der Waals surface area contributed by atoms with Gasteiger partial charge in [0.05, 0.1) is 23.1 Å². The summed E-state index contributed by atoms with van der Waals surface area (Å²) < 4.78 is 18.1. The van der Waals surface area contributed by atoms with E-state index in [2.05, 4.69) is 0 Å². The van der Waals surface area contributed by atoms with E-state index < -0.39 is 27.0 Å². The van der Waals surface area contributed by atoms with Crippen LogP contribution in [0.1, 0.15) is 11.1 Å². The summed E-state index contributed by atoms with van der Waals surface area (Å²) >= 11 is 0. The molecule has 0 N–H and O–H groups in total. The Morgan fingerprint density at radius 2 is 1.14 bits per heavy atom. The van der Waals surface area contributed by atoms with Crippen molar-refractivity contribution < 1.29 is 22.8 Å². The Morgan fingerprint density at radius 1 is 0.759 bits per heavy atom. The third kappa shape index (κ3) is 7.47. The first-order chi connectivity index (χ1) is 13.5. The van der Waals surface area contributed by atoms with Gasteiger partial charge in [-0.3, -0.25) is 20.2 Å². The minimum Gasteiger partial charge on any atom is -0.415 e. The van der Waals surface area contributed by atoms with Gasteiger partial charge in [-0.25, -0.2) is 0 Å². The smallest absolute Gasteiger partial charge is 0.323 e. The molecule has 0 heterocycles. The van der Waals surface area contributed by atoms with E-state index in [4.69, 9.17) is 13.0 Å². The second kappa shape index (κ2) is 9.37. The lowest BCUT2D eigenvalue weighted by Gasteiger charge is -2.32. The average molecular weight is 437 g/mol. The van der Waals surface area contributed by atoms with Crippen molar-refractivity contribution in [2.45, 2.75) is 39.4 Å². The molecule has 9 nitrogen and oxygen atoms in total. The molecule has 0 spiro atoms. The summed E-state index contributed by atoms with van der Waals surface area (Å²) in [5.74, 6) is 0. The van der Waals surface area contributed by atoms with Crippen LogP contribution in [0, 0.1) is 20.2 Å². The van der Waals surface area contributed by atoms with Crippen LogP contribution in [-0.4, -0.2) is 27.0 Å². The number of hydrogen-bond donors (Lipinski definition) is 0. The molecule has 0 amide bonds. The van der Waals surface area contributed by atoms with Gasteiger partial charge < -0.3 is 13.0 Å². The van der Waals surface area contributed by atoms with Crippen molar-refractivity contribution in [1.82, 2.24) is 0 Å². The number of non-ortho nitro benzene ring substituents is 2. The SMILES string of the molecule is C[Si](C)(OCc1cccc([N+](=O)[O-])c1)O[Si](C)(C)OCc1cccc([N+](=O)[O-])c1. The first kappa shape index (κ1) is 22.8. The zero-order valence-electron chi connectivity index (χ0n) is 16.8. The van der Waals surface area contributed by atoms with Crippen molar-refractivity contribution in [2.24, 2.45) is 0 Å². The molecule has 0 fully saturated rings. The van der Waals surface area contributed by atoms with Crippen LogP contribution in [0.5, 0.6) is 0 Å². The molecule has 0 unspecified atom stereocenters. The Hall–Kier alpha value is -2.45. The van der Waals surface area contributed by atoms with Gasteiger partial charge in [0, 0.05) is 24.3 Å². The summed E-state index contributed by atoms with van der Waals surface area (Å²) in [6, 6.07) is 12.6. The third-order valence-corrected chi connectivity index (χ3v) is 9.52. The molecule has 0 aliphatic carbocycles. The molecule has 11 heteroatoms. The molecule has 0 aliphatic rings. The highest BCUT2D eigenvalue weighted by molar-refractivity contribution is 6.78. The highest BCUT2D eigenvalue weighted by atomic mass is 28.5. The molecule has 0 bridgehead atoms. The zero-order valence-corrected chi connectivity index (χ0v) is 18.8. The van der Waals surface area contributed by atoms with Crippen molar-refractivity contribution in [3.05, 3.63) is 79.9 Å². The Balaban J connectivity index is 1.93. The van der Waals surface area contributed by atoms with Gasteiger partial charge in [0.15, 0.2) is 0 Å². The van der Waals surface area contributed by atoms with E-state index in [1.807, 2.05) is 26.2 Å². The molecule has 0 radical (unpaired) electrons. The minimum absolute atomic E-state index is 0.0153. The predicted molar refractivity (Wildman–Crippen MR) is 112 cm³/mol. The van der Waals surface area contributed by atoms with Crippen LogP contribution in [0.3, 0.4) is 0 Å². The van der Waals surface area contributed by atoms with Crippen LogP contribution < -0.4 is 0 Å². The fourth-order valence-electron chi connectivity index (χ4n) is 2.68. The Labute approximate surface area is 171 Å². The molecule has 2 aromatic carbocycles. The number of rotatable bonds is 10. The van der Waals surface area contributed by atoms with Crippen LogP contribution in [0.2, 0.25) is 26.2 Å². The molecule has 156 valence electrons. The van der Waals surface area contributed by atoms with E-state index in [9.17, 15) is 20.2 Å². The number of nitro benzene ring substituents is 2. The molecular formula is C18H24N2O7Si2. The normalized spacial score (nSPS) is 12.0. The molecule has 0 aromatic heterocycles. The topological polar surface area (TPSA) is 114 Å². The van der Waals surface area contributed by atoms with E-state index in [0.717, 1.165) is 0 Å². The van der Waals surface area contributed by atoms with Crippen LogP contribution >= 0.6 is 0 Å². The van der Waals surface area contributed by atoms with E-state index in [-0.39, 0.29) is 24.6 Å². The van der Waals surface area contributed by atoms with Gasteiger partial charge in [0.1, 0.15) is 0 Å². The van der Waals surface area contributed by atoms with E-state index in [1.54, 1.807) is 24.3 Å². The third-order valence-electron chi connectivity index (χ3n) is 3.91. The Morgan fingerprint density at radius 3 is 1.48 bits per heavy atom. The lowest BCUT2D eigenvalue weighted by atomic mass is 10.2. The monoisotopic (exact) mass is 436 g/mol. The molecule has 0 saturated heterocycles. The van der Waals surface area contributed by atoms with Gasteiger partial charge in [-0.05, 0) is 37.3 Å². The van der Waals surface area contributed by atoms with Crippen LogP contribution in [-0.2, 0) is 26.2 Å². The molecule has 0 saturated carbocycles. The molecule has 0 aliphatic heterocycles. The molecule has 2 rings (SSSR count). The summed E-state index contributed by atoms with van der Waals surface area (Å²) in [4.78, 5) is 20.9. The maximum Gasteiger partial charge on any atom is 0.323 e. The summed E-state index contributed by atoms with van der Waals surface area (Å²) in [6.45, 7) is 7.95. The van der Waals surface area contributed by atoms with Crippen molar-refractivity contribution >= 4 is 28.5 Å². The Bertz CT molecular complexity index is 819. The largest absolute Gasteiger partial charge is 0.415 e. The summed E-state index contributed by atoms with van der Waals surface area (Å²) in [5, 5.41) is 21.8. The molecule has 29 heavy (non-hydrogen) atoms. The minimum atomic E-state index is -2.57. The van der Waals surface area contributed by atoms with Crippen LogP contribution in [0.15, 0.2) is 48.5 Å². The maximum absolute atomic E-state index is 10.9. The predicted octanol–water partition coefficient (Wildman–Crippen LogP) is 4.66. The van der Waals surface area contributed by atoms with Crippen LogP contribution in [0.25, 0.3) is 0 Å². The van der Waals surface area contributed by atoms with Crippen molar-refractivity contribution in [1.29, 1.82) is 0 Å². The summed E-state index contributed by atoms with van der Waals surface area (Å²) in [7, 11) is -5.15. The number of benzene rings is 2. The van der Waals surface area contributed by atoms with Crippen molar-refractivity contribution in [2.75, 3.05) is 0 Å². The lowest BCUT2D eigenvalue weighted by molar-refractivity contribution is -0.385. The first-order valence-electron chi connectivity index (χ1n) is 8.92. The summed E-state index contributed by atoms with van der Waals surface area (Å²) in [6.07, 6.45) is 0. The van der Waals surface area contributed by atoms with E-state index in [0.29, 0.717) is 11.1 Å². The van der Waals surface area contributed by atoms with Gasteiger partial charge in [-0.1, -0.05) is 24.3 Å². The van der Waals surface area contributed by atoms with Crippen LogP contribution in [0.4, 0.5) is 11.4 Å². The van der Waals surface area contributed by atoms with Gasteiger partial charge in [0.25, 0.3) is 11.4 Å². The zero-order chi connectivity index (χ0) is 21.7. The first-order valence-corrected chi connectivity index (χ1v) is 14.6. The van der Waals surface area contributed by atoms with Gasteiger partial charge in [0.2, 0.25) is 0 Å². The average Bonchev–Trinajstić information content (AvgIpc) is 2.64. The molecular weight excluding hydrogens is 412 g/mol. The van der Waals surface area contributed by atoms with Gasteiger partial charge in [-0.15, -0.1) is 0 Å². The van der Waals surface area contributed by atoms with Crippen molar-refractivity contribution in [3.63, 3.8) is 0 Å². The second-order valence-corrected chi connectivity index (χ2v) is 14.3. The number of hydrogen-bond acceptors (Lipinski definition) is 7. The lowest BCUT2D eigenvalue weighted by Crippen LogP contribution is -2.48. The quantitative estimate of drug-likeness (QED) is 0.302. The van der Waals surface area contributed by atoms with Gasteiger partial charge in [-0.2, -0.15) is 0 Å². The maximum atomic E-state index is 10.9. The number of nitrogens with zero attached hydrogens (tertiary/aromatic N) is 2. The highest BCUT2D eigenvalue weighted by Crippen LogP contribution is 2.22. The standard InChI is InChI=1S/C18H24N2O7Si2/c1-28(2,25-13-15-7-5-9-17(11-15)19(21)22)27-29(3,4)26-14-16-8-6-10-18(12-16)20(23)24/h5-12H,13-14H2,1-4H3. The highest BCUT2D eigenvalue weighted by Gasteiger charge is 2.36. The number of nitro groups is 2. The fraction of sp³-hybridized carbons (Fsp3) is 0.333. The van der Waals surface area contributed by atoms with E-state index >= 15 is 0 Å². The second-order valence-electron chi connectivity index (χ2n) is 7.33. The van der Waals surface area contributed by atoms with E-state index in [1.165, 1.54) is 24.3 Å². The molecule has 2 aromatic rings. The van der Waals surface area contributed by atoms with Gasteiger partial charge >= 0.3 is 17.1 Å². The Kier molecular flexibility index (Phi) is 7.38. The fourth-order valence-corrected chi connectivity index (χ4v) is 8.92. The summed E-state index contributed by atoms with van der Waals surface area (Å²) in [5.41, 5.74) is 1.42. The van der Waals surface area contributed by atoms with Crippen molar-refractivity contribution in [3.8, 4) is 0 Å². The molecule has 0 atom stereocenters.